The maximum Gasteiger partial charge on any atom is 0.361 e. The Morgan fingerprint density at radius 3 is 2.53 bits per heavy atom. The molecule has 1 atom stereocenters. The van der Waals surface area contributed by atoms with Crippen molar-refractivity contribution in [2.24, 2.45) is 0 Å². The van der Waals surface area contributed by atoms with Crippen molar-refractivity contribution in [2.75, 3.05) is 12.8 Å². The highest BCUT2D eigenvalue weighted by Gasteiger charge is 2.22. The van der Waals surface area contributed by atoms with Crippen LogP contribution in [0.5, 0.6) is 0 Å². The number of amides is 3. The molecule has 0 aliphatic carbocycles. The van der Waals surface area contributed by atoms with E-state index in [0.29, 0.717) is 0 Å². The van der Waals surface area contributed by atoms with E-state index >= 15 is 0 Å². The maximum atomic E-state index is 11.7. The molecule has 1 aromatic heterocycles. The summed E-state index contributed by atoms with van der Waals surface area (Å²) in [6, 6.07) is -0.702. The second-order valence-corrected chi connectivity index (χ2v) is 3.41. The fourth-order valence-electron chi connectivity index (χ4n) is 1.05. The first kappa shape index (κ1) is 14.4. The minimum atomic E-state index is -1.17. The number of ether oxygens (including phenoxy) is 1. The molecule has 0 spiro atoms. The van der Waals surface area contributed by atoms with E-state index < -0.39 is 24.0 Å². The summed E-state index contributed by atoms with van der Waals surface area (Å²) in [6.07, 6.45) is 1.40. The molecule has 1 heterocycles. The average Bonchev–Trinajstić information content (AvgIpc) is 2.38. The van der Waals surface area contributed by atoms with E-state index in [-0.39, 0.29) is 11.5 Å². The molecule has 0 unspecified atom stereocenters. The number of nitrogens with two attached hydrogens (primary N) is 1. The minimum Gasteiger partial charge on any atom is -0.448 e. The Hall–Kier alpha value is -2.71. The molecule has 0 aromatic carbocycles. The largest absolute Gasteiger partial charge is 0.448 e. The summed E-state index contributed by atoms with van der Waals surface area (Å²) >= 11 is 0. The van der Waals surface area contributed by atoms with Gasteiger partial charge in [0.1, 0.15) is 0 Å². The first-order valence-electron chi connectivity index (χ1n) is 5.25. The number of imide groups is 1. The number of nitrogens with one attached hydrogen (secondary N) is 2. The highest BCUT2D eigenvalue weighted by Crippen LogP contribution is 2.06. The summed E-state index contributed by atoms with van der Waals surface area (Å²) < 4.78 is 4.81. The number of nitrogens with zero attached hydrogens (tertiary/aromatic N) is 2. The molecule has 1 rings (SSSR count). The van der Waals surface area contributed by atoms with Gasteiger partial charge in [-0.25, -0.2) is 19.6 Å². The van der Waals surface area contributed by atoms with Crippen molar-refractivity contribution < 1.29 is 19.1 Å². The fourth-order valence-corrected chi connectivity index (χ4v) is 1.05. The molecule has 4 N–H and O–H groups in total. The van der Waals surface area contributed by atoms with Crippen LogP contribution in [-0.2, 0) is 9.53 Å². The van der Waals surface area contributed by atoms with Crippen molar-refractivity contribution in [2.45, 2.75) is 13.0 Å². The lowest BCUT2D eigenvalue weighted by molar-refractivity contribution is -0.127. The monoisotopic (exact) mass is 267 g/mol. The van der Waals surface area contributed by atoms with Gasteiger partial charge >= 0.3 is 12.0 Å². The van der Waals surface area contributed by atoms with Gasteiger partial charge < -0.3 is 15.8 Å². The topological polar surface area (TPSA) is 136 Å². The van der Waals surface area contributed by atoms with Crippen LogP contribution in [0.4, 0.5) is 10.6 Å². The molecule has 0 saturated carbocycles. The molecule has 0 bridgehead atoms. The fraction of sp³-hybridized carbons (Fsp3) is 0.300. The van der Waals surface area contributed by atoms with Gasteiger partial charge in [0.05, 0.1) is 0 Å². The van der Waals surface area contributed by atoms with Gasteiger partial charge in [-0.15, -0.1) is 0 Å². The van der Waals surface area contributed by atoms with Gasteiger partial charge in [-0.2, -0.15) is 0 Å². The highest BCUT2D eigenvalue weighted by atomic mass is 16.5. The molecular weight excluding hydrogens is 254 g/mol. The van der Waals surface area contributed by atoms with Gasteiger partial charge in [-0.1, -0.05) is 0 Å². The molecule has 0 aliphatic heterocycles. The molecule has 1 aromatic rings. The lowest BCUT2D eigenvalue weighted by atomic mass is 10.3. The van der Waals surface area contributed by atoms with Crippen LogP contribution in [0.1, 0.15) is 17.4 Å². The van der Waals surface area contributed by atoms with E-state index in [1.165, 1.54) is 26.4 Å². The molecular formula is C10H13N5O4. The zero-order chi connectivity index (χ0) is 14.4. The summed E-state index contributed by atoms with van der Waals surface area (Å²) in [6.45, 7) is 1.31. The lowest BCUT2D eigenvalue weighted by Crippen LogP contribution is -2.43. The number of rotatable bonds is 3. The Morgan fingerprint density at radius 2 is 1.95 bits per heavy atom. The number of hydrogen-bond acceptors (Lipinski definition) is 7. The van der Waals surface area contributed by atoms with Crippen LogP contribution in [0.25, 0.3) is 0 Å². The molecule has 102 valence electrons. The summed E-state index contributed by atoms with van der Waals surface area (Å²) in [7, 11) is 1.35. The van der Waals surface area contributed by atoms with Crippen molar-refractivity contribution in [1.82, 2.24) is 20.6 Å². The molecule has 9 nitrogen and oxygen atoms in total. The van der Waals surface area contributed by atoms with Crippen molar-refractivity contribution in [3.63, 3.8) is 0 Å². The minimum absolute atomic E-state index is 0.105. The molecule has 0 radical (unpaired) electrons. The standard InChI is InChI=1S/C10H13N5O4/c1-5(8(16)15-10(18)12-2)19-9(17)6-7(11)14-4-3-13-6/h3-5H,1-2H3,(H2,11,14)(H2,12,15,16,18)/t5-/m0/s1. The van der Waals surface area contributed by atoms with E-state index in [2.05, 4.69) is 15.3 Å². The smallest absolute Gasteiger partial charge is 0.361 e. The number of nitrogen functional groups attached to an aromatic ring is 1. The van der Waals surface area contributed by atoms with Crippen molar-refractivity contribution in [3.8, 4) is 0 Å². The molecule has 0 fully saturated rings. The maximum absolute atomic E-state index is 11.7. The Bertz CT molecular complexity index is 504. The Balaban J connectivity index is 2.64. The third-order valence-corrected chi connectivity index (χ3v) is 2.04. The van der Waals surface area contributed by atoms with Crippen molar-refractivity contribution >= 4 is 23.7 Å². The first-order valence-corrected chi connectivity index (χ1v) is 5.25. The number of urea groups is 1. The average molecular weight is 267 g/mol. The van der Waals surface area contributed by atoms with E-state index in [9.17, 15) is 14.4 Å². The Labute approximate surface area is 108 Å². The highest BCUT2D eigenvalue weighted by molar-refractivity contribution is 5.98. The number of aromatic nitrogens is 2. The SMILES string of the molecule is CNC(=O)NC(=O)[C@H](C)OC(=O)c1nccnc1N. The third kappa shape index (κ3) is 3.91. The molecule has 0 saturated heterocycles. The zero-order valence-corrected chi connectivity index (χ0v) is 10.3. The number of anilines is 1. The normalized spacial score (nSPS) is 11.3. The Morgan fingerprint density at radius 1 is 1.32 bits per heavy atom. The molecule has 9 heteroatoms. The van der Waals surface area contributed by atoms with Crippen molar-refractivity contribution in [1.29, 1.82) is 0 Å². The van der Waals surface area contributed by atoms with E-state index in [0.717, 1.165) is 0 Å². The summed E-state index contributed by atoms with van der Waals surface area (Å²) in [5.41, 5.74) is 5.24. The van der Waals surface area contributed by atoms with Crippen LogP contribution in [-0.4, -0.2) is 41.0 Å². The van der Waals surface area contributed by atoms with Crippen LogP contribution in [0.2, 0.25) is 0 Å². The number of carbonyl (C=O) groups is 3. The summed E-state index contributed by atoms with van der Waals surface area (Å²) in [4.78, 5) is 41.4. The van der Waals surface area contributed by atoms with Crippen LogP contribution in [0, 0.1) is 0 Å². The predicted molar refractivity (Wildman–Crippen MR) is 63.9 cm³/mol. The van der Waals surface area contributed by atoms with Gasteiger partial charge in [0.2, 0.25) is 0 Å². The van der Waals surface area contributed by atoms with Gasteiger partial charge in [-0.3, -0.25) is 10.1 Å². The molecule has 3 amide bonds. The van der Waals surface area contributed by atoms with Crippen LogP contribution in [0.3, 0.4) is 0 Å². The van der Waals surface area contributed by atoms with E-state index in [1.807, 2.05) is 5.32 Å². The number of esters is 1. The van der Waals surface area contributed by atoms with Crippen LogP contribution < -0.4 is 16.4 Å². The van der Waals surface area contributed by atoms with Crippen LogP contribution >= 0.6 is 0 Å². The second kappa shape index (κ2) is 6.28. The lowest BCUT2D eigenvalue weighted by Gasteiger charge is -2.12. The Kier molecular flexibility index (Phi) is 4.75. The third-order valence-electron chi connectivity index (χ3n) is 2.04. The zero-order valence-electron chi connectivity index (χ0n) is 10.3. The second-order valence-electron chi connectivity index (χ2n) is 3.41. The van der Waals surface area contributed by atoms with Gasteiger partial charge in [0.15, 0.2) is 17.6 Å². The first-order chi connectivity index (χ1) is 8.95. The van der Waals surface area contributed by atoms with Gasteiger partial charge in [-0.05, 0) is 6.92 Å². The number of hydrogen-bond donors (Lipinski definition) is 3. The summed E-state index contributed by atoms with van der Waals surface area (Å²) in [5.74, 6) is -1.77. The number of carbonyl (C=O) groups excluding carboxylic acids is 3. The quantitative estimate of drug-likeness (QED) is 0.601. The predicted octanol–water partition coefficient (Wildman–Crippen LogP) is -0.940. The molecule has 0 aliphatic rings. The molecule has 19 heavy (non-hydrogen) atoms. The van der Waals surface area contributed by atoms with E-state index in [4.69, 9.17) is 10.5 Å². The summed E-state index contributed by atoms with van der Waals surface area (Å²) in [5, 5.41) is 4.16. The van der Waals surface area contributed by atoms with Crippen LogP contribution in [0.15, 0.2) is 12.4 Å². The van der Waals surface area contributed by atoms with Crippen molar-refractivity contribution in [3.05, 3.63) is 18.1 Å². The van der Waals surface area contributed by atoms with E-state index in [1.54, 1.807) is 0 Å². The van der Waals surface area contributed by atoms with Gasteiger partial charge in [0.25, 0.3) is 5.91 Å². The van der Waals surface area contributed by atoms with Gasteiger partial charge in [0, 0.05) is 19.4 Å².